The molecule has 7 nitrogen and oxygen atoms in total. The molecule has 1 aliphatic rings. The van der Waals surface area contributed by atoms with Crippen LogP contribution in [0.3, 0.4) is 0 Å². The smallest absolute Gasteiger partial charge is 0.411 e. The number of hydrogen-bond donors (Lipinski definition) is 2. The van der Waals surface area contributed by atoms with E-state index in [0.717, 1.165) is 16.7 Å². The molecule has 2 unspecified atom stereocenters. The van der Waals surface area contributed by atoms with Gasteiger partial charge in [0.1, 0.15) is 5.82 Å². The van der Waals surface area contributed by atoms with E-state index in [0.29, 0.717) is 16.9 Å². The molecule has 2 atom stereocenters. The third-order valence-corrected chi connectivity index (χ3v) is 6.63. The Bertz CT molecular complexity index is 1510. The van der Waals surface area contributed by atoms with Crippen LogP contribution >= 0.6 is 0 Å². The molecule has 0 bridgehead atoms. The standard InChI is InChI=1S/C32H28FN3O4/c1-21-6-5-9-23(18-21)20-36-29(31(38)35-27-16-12-25(33)13-17-27)30(40-32(36)39)24-10-14-26(15-11-24)34-28(37)19-22-7-3-2-4-8-22/h2-18,29-30H,19-20H2,1H3,(H,34,37)(H,35,38). The maximum absolute atomic E-state index is 13.5. The molecule has 3 amide bonds. The molecule has 0 aliphatic carbocycles. The van der Waals surface area contributed by atoms with Crippen molar-refractivity contribution in [1.29, 1.82) is 0 Å². The SMILES string of the molecule is Cc1cccc(CN2C(=O)OC(c3ccc(NC(=O)Cc4ccccc4)cc3)C2C(=O)Nc2ccc(F)cc2)c1. The van der Waals surface area contributed by atoms with Gasteiger partial charge in [-0.1, -0.05) is 72.3 Å². The normalized spacial score (nSPS) is 16.4. The van der Waals surface area contributed by atoms with Gasteiger partial charge in [-0.15, -0.1) is 0 Å². The minimum Gasteiger partial charge on any atom is -0.438 e. The average Bonchev–Trinajstić information content (AvgIpc) is 3.26. The van der Waals surface area contributed by atoms with E-state index in [2.05, 4.69) is 10.6 Å². The fourth-order valence-electron chi connectivity index (χ4n) is 4.71. The van der Waals surface area contributed by atoms with E-state index < -0.39 is 30.0 Å². The van der Waals surface area contributed by atoms with Crippen molar-refractivity contribution in [3.8, 4) is 0 Å². The second-order valence-electron chi connectivity index (χ2n) is 9.69. The van der Waals surface area contributed by atoms with Crippen LogP contribution < -0.4 is 10.6 Å². The summed E-state index contributed by atoms with van der Waals surface area (Å²) >= 11 is 0. The number of carbonyl (C=O) groups excluding carboxylic acids is 3. The zero-order valence-electron chi connectivity index (χ0n) is 21.8. The molecule has 1 saturated heterocycles. The first-order chi connectivity index (χ1) is 19.4. The zero-order valence-corrected chi connectivity index (χ0v) is 21.8. The number of amides is 3. The lowest BCUT2D eigenvalue weighted by atomic mass is 10.00. The van der Waals surface area contributed by atoms with Gasteiger partial charge < -0.3 is 15.4 Å². The van der Waals surface area contributed by atoms with Crippen molar-refractivity contribution in [2.24, 2.45) is 0 Å². The van der Waals surface area contributed by atoms with Gasteiger partial charge >= 0.3 is 6.09 Å². The van der Waals surface area contributed by atoms with E-state index in [9.17, 15) is 18.8 Å². The van der Waals surface area contributed by atoms with Crippen LogP contribution in [0, 0.1) is 12.7 Å². The van der Waals surface area contributed by atoms with Gasteiger partial charge in [0.2, 0.25) is 5.91 Å². The number of benzene rings is 4. The lowest BCUT2D eigenvalue weighted by molar-refractivity contribution is -0.121. The van der Waals surface area contributed by atoms with Gasteiger partial charge in [0.15, 0.2) is 12.1 Å². The third kappa shape index (κ3) is 6.35. The van der Waals surface area contributed by atoms with E-state index in [1.165, 1.54) is 29.2 Å². The van der Waals surface area contributed by atoms with Gasteiger partial charge in [-0.2, -0.15) is 0 Å². The molecule has 2 N–H and O–H groups in total. The molecule has 0 spiro atoms. The summed E-state index contributed by atoms with van der Waals surface area (Å²) < 4.78 is 19.1. The third-order valence-electron chi connectivity index (χ3n) is 6.63. The Morgan fingerprint density at radius 3 is 2.17 bits per heavy atom. The summed E-state index contributed by atoms with van der Waals surface area (Å²) in [6, 6.07) is 28.4. The maximum Gasteiger partial charge on any atom is 0.411 e. The Labute approximate surface area is 231 Å². The summed E-state index contributed by atoms with van der Waals surface area (Å²) in [5.74, 6) is -1.05. The summed E-state index contributed by atoms with van der Waals surface area (Å²) in [6.45, 7) is 2.12. The van der Waals surface area contributed by atoms with Crippen molar-refractivity contribution in [2.45, 2.75) is 32.0 Å². The lowest BCUT2D eigenvalue weighted by Crippen LogP contribution is -2.43. The molecule has 0 saturated carbocycles. The van der Waals surface area contributed by atoms with Gasteiger partial charge in [-0.3, -0.25) is 14.5 Å². The minimum atomic E-state index is -0.989. The van der Waals surface area contributed by atoms with Crippen LogP contribution in [0.15, 0.2) is 103 Å². The van der Waals surface area contributed by atoms with Gasteiger partial charge in [-0.25, -0.2) is 9.18 Å². The highest BCUT2D eigenvalue weighted by molar-refractivity contribution is 5.98. The topological polar surface area (TPSA) is 87.7 Å². The Hall–Kier alpha value is -4.98. The number of halogens is 1. The average molecular weight is 538 g/mol. The fraction of sp³-hybridized carbons (Fsp3) is 0.156. The molecule has 4 aromatic carbocycles. The van der Waals surface area contributed by atoms with Crippen molar-refractivity contribution in [3.63, 3.8) is 0 Å². The first-order valence-electron chi connectivity index (χ1n) is 12.9. The number of aryl methyl sites for hydroxylation is 1. The van der Waals surface area contributed by atoms with Crippen molar-refractivity contribution >= 4 is 29.3 Å². The van der Waals surface area contributed by atoms with Crippen LogP contribution in [0.1, 0.15) is 28.4 Å². The van der Waals surface area contributed by atoms with E-state index in [4.69, 9.17) is 4.74 Å². The predicted molar refractivity (Wildman–Crippen MR) is 150 cm³/mol. The molecule has 40 heavy (non-hydrogen) atoms. The van der Waals surface area contributed by atoms with E-state index >= 15 is 0 Å². The number of carbonyl (C=O) groups is 3. The van der Waals surface area contributed by atoms with E-state index in [1.807, 2.05) is 61.5 Å². The predicted octanol–water partition coefficient (Wildman–Crippen LogP) is 6.02. The molecular weight excluding hydrogens is 509 g/mol. The van der Waals surface area contributed by atoms with Crippen molar-refractivity contribution in [3.05, 3.63) is 131 Å². The summed E-state index contributed by atoms with van der Waals surface area (Å²) in [5.41, 5.74) is 4.36. The Morgan fingerprint density at radius 1 is 0.825 bits per heavy atom. The number of rotatable bonds is 8. The van der Waals surface area contributed by atoms with Crippen LogP contribution in [0.25, 0.3) is 0 Å². The second kappa shape index (κ2) is 11.8. The van der Waals surface area contributed by atoms with Crippen LogP contribution in [-0.4, -0.2) is 28.8 Å². The lowest BCUT2D eigenvalue weighted by Gasteiger charge is -2.24. The number of anilines is 2. The fourth-order valence-corrected chi connectivity index (χ4v) is 4.71. The van der Waals surface area contributed by atoms with Gasteiger partial charge in [-0.05, 0) is 60.0 Å². The summed E-state index contributed by atoms with van der Waals surface area (Å²) in [4.78, 5) is 40.5. The van der Waals surface area contributed by atoms with Crippen LogP contribution in [0.4, 0.5) is 20.6 Å². The molecule has 5 rings (SSSR count). The van der Waals surface area contributed by atoms with Gasteiger partial charge in [0, 0.05) is 11.4 Å². The first-order valence-corrected chi connectivity index (χ1v) is 12.9. The number of hydrogen-bond acceptors (Lipinski definition) is 4. The minimum absolute atomic E-state index is 0.160. The van der Waals surface area contributed by atoms with Crippen molar-refractivity contribution in [1.82, 2.24) is 4.90 Å². The van der Waals surface area contributed by atoms with Crippen LogP contribution in [0.2, 0.25) is 0 Å². The molecule has 8 heteroatoms. The first kappa shape index (κ1) is 26.6. The highest BCUT2D eigenvalue weighted by atomic mass is 19.1. The number of ether oxygens (including phenoxy) is 1. The van der Waals surface area contributed by atoms with Crippen molar-refractivity contribution in [2.75, 3.05) is 10.6 Å². The Morgan fingerprint density at radius 2 is 1.48 bits per heavy atom. The van der Waals surface area contributed by atoms with E-state index in [1.54, 1.807) is 24.3 Å². The number of nitrogens with zero attached hydrogens (tertiary/aromatic N) is 1. The zero-order chi connectivity index (χ0) is 28.1. The molecule has 4 aromatic rings. The molecule has 0 radical (unpaired) electrons. The van der Waals surface area contributed by atoms with Gasteiger partial charge in [0.25, 0.3) is 5.91 Å². The number of cyclic esters (lactones) is 1. The Kier molecular flexibility index (Phi) is 7.87. The highest BCUT2D eigenvalue weighted by Gasteiger charge is 2.47. The van der Waals surface area contributed by atoms with Crippen LogP contribution in [0.5, 0.6) is 0 Å². The molecule has 1 heterocycles. The van der Waals surface area contributed by atoms with E-state index in [-0.39, 0.29) is 18.9 Å². The molecule has 202 valence electrons. The van der Waals surface area contributed by atoms with Crippen LogP contribution in [-0.2, 0) is 27.3 Å². The number of nitrogens with one attached hydrogen (secondary N) is 2. The largest absolute Gasteiger partial charge is 0.438 e. The van der Waals surface area contributed by atoms with Crippen molar-refractivity contribution < 1.29 is 23.5 Å². The summed E-state index contributed by atoms with van der Waals surface area (Å²) in [6.07, 6.45) is -1.28. The second-order valence-corrected chi connectivity index (χ2v) is 9.69. The highest BCUT2D eigenvalue weighted by Crippen LogP contribution is 2.35. The molecule has 1 fully saturated rings. The van der Waals surface area contributed by atoms with Gasteiger partial charge in [0.05, 0.1) is 13.0 Å². The summed E-state index contributed by atoms with van der Waals surface area (Å²) in [7, 11) is 0. The maximum atomic E-state index is 13.5. The Balaban J connectivity index is 1.36. The summed E-state index contributed by atoms with van der Waals surface area (Å²) in [5, 5.41) is 5.65. The molecule has 1 aliphatic heterocycles. The quantitative estimate of drug-likeness (QED) is 0.288. The monoisotopic (exact) mass is 537 g/mol. The molecular formula is C32H28FN3O4. The molecule has 0 aromatic heterocycles.